The van der Waals surface area contributed by atoms with Gasteiger partial charge in [-0.15, -0.1) is 5.10 Å². The summed E-state index contributed by atoms with van der Waals surface area (Å²) in [6.45, 7) is 5.47. The fourth-order valence-corrected chi connectivity index (χ4v) is 3.93. The lowest BCUT2D eigenvalue weighted by Gasteiger charge is -2.42. The number of carbonyl (C=O) groups excluding carboxylic acids is 3. The third kappa shape index (κ3) is 3.71. The van der Waals surface area contributed by atoms with E-state index >= 15 is 0 Å². The Morgan fingerprint density at radius 2 is 2.00 bits per heavy atom. The standard InChI is InChI=1S/C17H27N7O4/c1-13(2)10-24-16(28)23(6-3-9-25)15(27)17(24)4-7-21(8-5-17)14(26)11-22-12-18-19-20-22/h12-13,25H,3-11H2,1-2H3. The van der Waals surface area contributed by atoms with Crippen molar-refractivity contribution in [2.75, 3.05) is 32.8 Å². The van der Waals surface area contributed by atoms with Crippen LogP contribution in [0.3, 0.4) is 0 Å². The summed E-state index contributed by atoms with van der Waals surface area (Å²) in [5, 5.41) is 19.8. The lowest BCUT2D eigenvalue weighted by molar-refractivity contribution is -0.141. The molecule has 0 saturated carbocycles. The molecule has 4 amide bonds. The van der Waals surface area contributed by atoms with Crippen molar-refractivity contribution in [3.8, 4) is 0 Å². The van der Waals surface area contributed by atoms with Gasteiger partial charge in [-0.3, -0.25) is 14.5 Å². The van der Waals surface area contributed by atoms with E-state index in [2.05, 4.69) is 15.5 Å². The molecule has 11 nitrogen and oxygen atoms in total. The van der Waals surface area contributed by atoms with Crippen LogP contribution >= 0.6 is 0 Å². The molecule has 0 radical (unpaired) electrons. The van der Waals surface area contributed by atoms with Crippen LogP contribution in [0.4, 0.5) is 4.79 Å². The highest BCUT2D eigenvalue weighted by molar-refractivity contribution is 6.07. The lowest BCUT2D eigenvalue weighted by Crippen LogP contribution is -2.58. The molecule has 1 aromatic rings. The zero-order chi connectivity index (χ0) is 20.3. The van der Waals surface area contributed by atoms with Crippen LogP contribution in [0.15, 0.2) is 6.33 Å². The molecule has 0 aliphatic carbocycles. The summed E-state index contributed by atoms with van der Waals surface area (Å²) >= 11 is 0. The van der Waals surface area contributed by atoms with E-state index in [0.717, 1.165) is 0 Å². The number of aromatic nitrogens is 4. The smallest absolute Gasteiger partial charge is 0.327 e. The normalized spacial score (nSPS) is 19.4. The first kappa shape index (κ1) is 20.2. The minimum atomic E-state index is -0.900. The van der Waals surface area contributed by atoms with E-state index in [1.807, 2.05) is 13.8 Å². The number of hydrogen-bond donors (Lipinski definition) is 1. The van der Waals surface area contributed by atoms with E-state index < -0.39 is 5.54 Å². The van der Waals surface area contributed by atoms with Crippen LogP contribution < -0.4 is 0 Å². The maximum Gasteiger partial charge on any atom is 0.327 e. The zero-order valence-electron chi connectivity index (χ0n) is 16.3. The first-order valence-corrected chi connectivity index (χ1v) is 9.62. The predicted molar refractivity (Wildman–Crippen MR) is 96.7 cm³/mol. The molecule has 1 aromatic heterocycles. The summed E-state index contributed by atoms with van der Waals surface area (Å²) in [6, 6.07) is -0.291. The third-order valence-corrected chi connectivity index (χ3v) is 5.34. The van der Waals surface area contributed by atoms with Gasteiger partial charge in [0.25, 0.3) is 5.91 Å². The van der Waals surface area contributed by atoms with E-state index in [1.54, 1.807) is 9.80 Å². The quantitative estimate of drug-likeness (QED) is 0.610. The second-order valence-corrected chi connectivity index (χ2v) is 7.74. The van der Waals surface area contributed by atoms with Gasteiger partial charge < -0.3 is 14.9 Å². The minimum Gasteiger partial charge on any atom is -0.396 e. The SMILES string of the molecule is CC(C)CN1C(=O)N(CCCO)C(=O)C12CCN(C(=O)Cn1cnnn1)CC2. The summed E-state index contributed by atoms with van der Waals surface area (Å²) in [6.07, 6.45) is 2.55. The third-order valence-electron chi connectivity index (χ3n) is 5.34. The number of tetrazole rings is 1. The van der Waals surface area contributed by atoms with Gasteiger partial charge in [0.1, 0.15) is 18.4 Å². The average Bonchev–Trinajstić information content (AvgIpc) is 3.24. The summed E-state index contributed by atoms with van der Waals surface area (Å²) < 4.78 is 1.36. The number of rotatable bonds is 7. The van der Waals surface area contributed by atoms with Crippen LogP contribution in [0.2, 0.25) is 0 Å². The van der Waals surface area contributed by atoms with Gasteiger partial charge >= 0.3 is 6.03 Å². The summed E-state index contributed by atoms with van der Waals surface area (Å²) in [5.41, 5.74) is -0.900. The molecule has 0 aromatic carbocycles. The van der Waals surface area contributed by atoms with Crippen LogP contribution in [0.1, 0.15) is 33.1 Å². The molecule has 1 N–H and O–H groups in total. The highest BCUT2D eigenvalue weighted by Gasteiger charge is 2.57. The molecule has 0 unspecified atom stereocenters. The summed E-state index contributed by atoms with van der Waals surface area (Å²) in [4.78, 5) is 43.2. The van der Waals surface area contributed by atoms with Gasteiger partial charge in [0.2, 0.25) is 5.91 Å². The number of hydrogen-bond acceptors (Lipinski definition) is 7. The van der Waals surface area contributed by atoms with Gasteiger partial charge in [0.15, 0.2) is 0 Å². The second-order valence-electron chi connectivity index (χ2n) is 7.74. The first-order chi connectivity index (χ1) is 13.4. The van der Waals surface area contributed by atoms with Gasteiger partial charge in [0.05, 0.1) is 0 Å². The molecular weight excluding hydrogens is 366 g/mol. The van der Waals surface area contributed by atoms with Crippen molar-refractivity contribution < 1.29 is 19.5 Å². The number of aliphatic hydroxyl groups excluding tert-OH is 1. The van der Waals surface area contributed by atoms with Crippen LogP contribution in [-0.4, -0.2) is 96.2 Å². The monoisotopic (exact) mass is 393 g/mol. The summed E-state index contributed by atoms with van der Waals surface area (Å²) in [7, 11) is 0. The molecule has 3 rings (SSSR count). The van der Waals surface area contributed by atoms with Gasteiger partial charge in [-0.05, 0) is 35.6 Å². The molecule has 2 aliphatic heterocycles. The molecule has 1 spiro atoms. The maximum atomic E-state index is 13.2. The van der Waals surface area contributed by atoms with Crippen molar-refractivity contribution in [2.45, 2.75) is 45.2 Å². The number of amides is 4. The molecule has 0 atom stereocenters. The Labute approximate surface area is 163 Å². The Kier molecular flexibility index (Phi) is 5.92. The number of likely N-dealkylation sites (tertiary alicyclic amines) is 1. The Balaban J connectivity index is 1.73. The number of nitrogens with zero attached hydrogens (tertiary/aromatic N) is 7. The van der Waals surface area contributed by atoms with Crippen LogP contribution in [0.25, 0.3) is 0 Å². The molecule has 2 saturated heterocycles. The molecule has 11 heteroatoms. The zero-order valence-corrected chi connectivity index (χ0v) is 16.3. The molecule has 2 aliphatic rings. The number of urea groups is 1. The fraction of sp³-hybridized carbons (Fsp3) is 0.765. The highest BCUT2D eigenvalue weighted by Crippen LogP contribution is 2.38. The predicted octanol–water partition coefficient (Wildman–Crippen LogP) is -0.663. The lowest BCUT2D eigenvalue weighted by atomic mass is 9.85. The Hall–Kier alpha value is -2.56. The van der Waals surface area contributed by atoms with E-state index in [0.29, 0.717) is 38.9 Å². The summed E-state index contributed by atoms with van der Waals surface area (Å²) in [5.74, 6) is -0.114. The molecule has 28 heavy (non-hydrogen) atoms. The van der Waals surface area contributed by atoms with Crippen molar-refractivity contribution in [1.29, 1.82) is 0 Å². The number of carbonyl (C=O) groups is 3. The van der Waals surface area contributed by atoms with Crippen molar-refractivity contribution in [1.82, 2.24) is 34.9 Å². The van der Waals surface area contributed by atoms with Gasteiger partial charge in [0, 0.05) is 32.8 Å². The molecular formula is C17H27N7O4. The van der Waals surface area contributed by atoms with Crippen molar-refractivity contribution in [2.24, 2.45) is 5.92 Å². The van der Waals surface area contributed by atoms with Gasteiger partial charge in [-0.1, -0.05) is 13.8 Å². The Bertz CT molecular complexity index is 713. The van der Waals surface area contributed by atoms with Crippen LogP contribution in [0.5, 0.6) is 0 Å². The van der Waals surface area contributed by atoms with Gasteiger partial charge in [-0.2, -0.15) is 0 Å². The molecule has 154 valence electrons. The average molecular weight is 393 g/mol. The maximum absolute atomic E-state index is 13.2. The number of imide groups is 1. The first-order valence-electron chi connectivity index (χ1n) is 9.62. The van der Waals surface area contributed by atoms with E-state index in [-0.39, 0.29) is 43.5 Å². The molecule has 0 bridgehead atoms. The number of piperidine rings is 1. The Morgan fingerprint density at radius 3 is 2.57 bits per heavy atom. The van der Waals surface area contributed by atoms with Crippen molar-refractivity contribution >= 4 is 17.8 Å². The highest BCUT2D eigenvalue weighted by atomic mass is 16.3. The van der Waals surface area contributed by atoms with Crippen LogP contribution in [-0.2, 0) is 16.1 Å². The van der Waals surface area contributed by atoms with Gasteiger partial charge in [-0.25, -0.2) is 9.48 Å². The second kappa shape index (κ2) is 8.21. The Morgan fingerprint density at radius 1 is 1.29 bits per heavy atom. The van der Waals surface area contributed by atoms with E-state index in [1.165, 1.54) is 15.9 Å². The topological polar surface area (TPSA) is 125 Å². The van der Waals surface area contributed by atoms with E-state index in [4.69, 9.17) is 5.11 Å². The van der Waals surface area contributed by atoms with Crippen molar-refractivity contribution in [3.05, 3.63) is 6.33 Å². The minimum absolute atomic E-state index is 0.0468. The van der Waals surface area contributed by atoms with E-state index in [9.17, 15) is 14.4 Å². The fourth-order valence-electron chi connectivity index (χ4n) is 3.93. The number of aliphatic hydroxyl groups is 1. The van der Waals surface area contributed by atoms with Crippen molar-refractivity contribution in [3.63, 3.8) is 0 Å². The largest absolute Gasteiger partial charge is 0.396 e. The molecule has 2 fully saturated rings. The molecule has 3 heterocycles. The van der Waals surface area contributed by atoms with Crippen LogP contribution in [0, 0.1) is 5.92 Å².